The van der Waals surface area contributed by atoms with Crippen LogP contribution in [0.5, 0.6) is 5.75 Å². The number of carbonyl (C=O) groups is 1. The van der Waals surface area contributed by atoms with Crippen LogP contribution in [0.15, 0.2) is 46.5 Å². The van der Waals surface area contributed by atoms with Crippen molar-refractivity contribution in [2.75, 3.05) is 20.2 Å². The maximum atomic E-state index is 12.7. The second-order valence-corrected chi connectivity index (χ2v) is 5.74. The second kappa shape index (κ2) is 6.01. The van der Waals surface area contributed by atoms with Crippen LogP contribution in [0, 0.1) is 6.92 Å². The molecule has 126 valence electrons. The minimum atomic E-state index is -0.242. The van der Waals surface area contributed by atoms with E-state index in [1.165, 1.54) is 0 Å². The van der Waals surface area contributed by atoms with Crippen LogP contribution >= 0.6 is 0 Å². The molecule has 1 aromatic heterocycles. The van der Waals surface area contributed by atoms with E-state index >= 15 is 0 Å². The van der Waals surface area contributed by atoms with Gasteiger partial charge >= 0.3 is 0 Å². The summed E-state index contributed by atoms with van der Waals surface area (Å²) in [6.45, 7) is 3.14. The molecule has 1 amide bonds. The Kier molecular flexibility index (Phi) is 3.68. The van der Waals surface area contributed by atoms with Gasteiger partial charge in [-0.15, -0.1) is 0 Å². The number of fused-ring (bicyclic) bond motifs is 3. The molecule has 0 fully saturated rings. The van der Waals surface area contributed by atoms with Gasteiger partial charge in [-0.3, -0.25) is 25.0 Å². The zero-order valence-corrected chi connectivity index (χ0v) is 14.0. The maximum absolute atomic E-state index is 12.7. The summed E-state index contributed by atoms with van der Waals surface area (Å²) >= 11 is 0. The van der Waals surface area contributed by atoms with Gasteiger partial charge in [0.1, 0.15) is 17.3 Å². The molecule has 4 rings (SSSR count). The Bertz CT molecular complexity index is 919. The molecule has 0 atom stereocenters. The number of aliphatic imine (C=N–C) groups is 2. The third-order valence-corrected chi connectivity index (χ3v) is 4.25. The Labute approximate surface area is 145 Å². The van der Waals surface area contributed by atoms with Crippen molar-refractivity contribution < 1.29 is 9.53 Å². The molecule has 0 spiro atoms. The number of guanidine groups is 1. The first-order valence-corrected chi connectivity index (χ1v) is 8.00. The van der Waals surface area contributed by atoms with Gasteiger partial charge in [0.15, 0.2) is 0 Å². The molecular formula is C18H17N5O2. The van der Waals surface area contributed by atoms with Crippen molar-refractivity contribution in [3.8, 4) is 5.75 Å². The van der Waals surface area contributed by atoms with Crippen LogP contribution in [0.25, 0.3) is 0 Å². The number of nitrogens with zero attached hydrogens (tertiary/aromatic N) is 4. The van der Waals surface area contributed by atoms with Crippen LogP contribution in [0.3, 0.4) is 0 Å². The number of aromatic nitrogens is 1. The summed E-state index contributed by atoms with van der Waals surface area (Å²) in [6, 6.07) is 9.20. The third kappa shape index (κ3) is 2.53. The highest BCUT2D eigenvalue weighted by molar-refractivity contribution is 6.19. The molecule has 1 aromatic carbocycles. The number of rotatable bonds is 2. The lowest BCUT2D eigenvalue weighted by atomic mass is 10.1. The number of amidine groups is 1. The van der Waals surface area contributed by atoms with Gasteiger partial charge in [-0.1, -0.05) is 6.07 Å². The van der Waals surface area contributed by atoms with Gasteiger partial charge in [0, 0.05) is 24.0 Å². The van der Waals surface area contributed by atoms with Gasteiger partial charge < -0.3 is 4.74 Å². The molecule has 0 aliphatic carbocycles. The molecule has 0 unspecified atom stereocenters. The smallest absolute Gasteiger partial charge is 0.259 e. The molecule has 2 aliphatic rings. The van der Waals surface area contributed by atoms with E-state index in [4.69, 9.17) is 4.74 Å². The number of hydrogen-bond donors (Lipinski definition) is 1. The van der Waals surface area contributed by atoms with Gasteiger partial charge in [0.2, 0.25) is 5.96 Å². The fourth-order valence-corrected chi connectivity index (χ4v) is 3.02. The zero-order chi connectivity index (χ0) is 17.4. The monoisotopic (exact) mass is 335 g/mol. The number of methoxy groups -OCH3 is 1. The Balaban J connectivity index is 1.74. The van der Waals surface area contributed by atoms with Crippen molar-refractivity contribution in [2.24, 2.45) is 9.98 Å². The quantitative estimate of drug-likeness (QED) is 0.909. The van der Waals surface area contributed by atoms with Crippen molar-refractivity contribution in [3.63, 3.8) is 0 Å². The van der Waals surface area contributed by atoms with E-state index in [0.29, 0.717) is 41.7 Å². The van der Waals surface area contributed by atoms with Crippen molar-refractivity contribution in [1.82, 2.24) is 15.2 Å². The highest BCUT2D eigenvalue weighted by Gasteiger charge is 2.32. The molecule has 3 heterocycles. The molecule has 1 N–H and O–H groups in total. The Morgan fingerprint density at radius 2 is 2.16 bits per heavy atom. The number of amides is 1. The Morgan fingerprint density at radius 1 is 1.28 bits per heavy atom. The van der Waals surface area contributed by atoms with E-state index in [1.807, 2.05) is 23.1 Å². The van der Waals surface area contributed by atoms with E-state index in [2.05, 4.69) is 20.3 Å². The maximum Gasteiger partial charge on any atom is 0.259 e. The fraction of sp³-hybridized carbons (Fsp3) is 0.222. The number of nitrogens with one attached hydrogen (secondary N) is 1. The van der Waals surface area contributed by atoms with Gasteiger partial charge in [-0.2, -0.15) is 0 Å². The van der Waals surface area contributed by atoms with E-state index in [-0.39, 0.29) is 5.91 Å². The number of carbonyl (C=O) groups excluding carboxylic acids is 1. The topological polar surface area (TPSA) is 79.2 Å². The predicted octanol–water partition coefficient (Wildman–Crippen LogP) is 1.89. The fourth-order valence-electron chi connectivity index (χ4n) is 3.02. The van der Waals surface area contributed by atoms with E-state index in [9.17, 15) is 4.79 Å². The van der Waals surface area contributed by atoms with Crippen molar-refractivity contribution in [2.45, 2.75) is 6.92 Å². The molecule has 2 aromatic rings. The van der Waals surface area contributed by atoms with Crippen LogP contribution < -0.4 is 10.1 Å². The largest absolute Gasteiger partial charge is 0.494 e. The zero-order valence-electron chi connectivity index (χ0n) is 14.0. The highest BCUT2D eigenvalue weighted by atomic mass is 16.5. The van der Waals surface area contributed by atoms with Crippen LogP contribution in [-0.2, 0) is 0 Å². The minimum Gasteiger partial charge on any atom is -0.494 e. The summed E-state index contributed by atoms with van der Waals surface area (Å²) in [4.78, 5) is 27.9. The molecule has 0 bridgehead atoms. The van der Waals surface area contributed by atoms with Crippen molar-refractivity contribution in [3.05, 3.63) is 53.3 Å². The second-order valence-electron chi connectivity index (χ2n) is 5.74. The first kappa shape index (κ1) is 15.3. The third-order valence-electron chi connectivity index (χ3n) is 4.25. The van der Waals surface area contributed by atoms with Crippen LogP contribution in [0.2, 0.25) is 0 Å². The minimum absolute atomic E-state index is 0.242. The molecule has 0 radical (unpaired) electrons. The number of benzene rings is 1. The van der Waals surface area contributed by atoms with Gasteiger partial charge in [0.05, 0.1) is 19.2 Å². The molecule has 7 nitrogen and oxygen atoms in total. The summed E-state index contributed by atoms with van der Waals surface area (Å²) in [6.07, 6.45) is 1.66. The lowest BCUT2D eigenvalue weighted by molar-refractivity contribution is 0.0973. The lowest BCUT2D eigenvalue weighted by Crippen LogP contribution is -2.47. The molecule has 25 heavy (non-hydrogen) atoms. The first-order valence-electron chi connectivity index (χ1n) is 8.00. The summed E-state index contributed by atoms with van der Waals surface area (Å²) < 4.78 is 5.41. The summed E-state index contributed by atoms with van der Waals surface area (Å²) in [5.41, 5.74) is 2.78. The van der Waals surface area contributed by atoms with Gasteiger partial charge in [-0.25, -0.2) is 4.99 Å². The predicted molar refractivity (Wildman–Crippen MR) is 94.6 cm³/mol. The van der Waals surface area contributed by atoms with Gasteiger partial charge in [0.25, 0.3) is 5.91 Å². The number of para-hydroxylation sites is 1. The number of pyridine rings is 1. The summed E-state index contributed by atoms with van der Waals surface area (Å²) in [5.74, 6) is 1.67. The van der Waals surface area contributed by atoms with Gasteiger partial charge in [-0.05, 0) is 31.2 Å². The standard InChI is InChI=1S/C18H17N5O2/c1-11-12(6-4-8-19-11)17(24)22-18-21-15-13(5-3-7-14(15)25-2)16-20-9-10-23(16)18/h3-8H,9-10H2,1-2H3,(H,21,22,24). The van der Waals surface area contributed by atoms with Crippen LogP contribution in [-0.4, -0.2) is 47.8 Å². The average molecular weight is 335 g/mol. The molecule has 0 saturated heterocycles. The number of hydrogen-bond acceptors (Lipinski definition) is 6. The van der Waals surface area contributed by atoms with Crippen LogP contribution in [0.4, 0.5) is 5.69 Å². The van der Waals surface area contributed by atoms with E-state index < -0.39 is 0 Å². The Morgan fingerprint density at radius 3 is 2.96 bits per heavy atom. The molecule has 7 heteroatoms. The van der Waals surface area contributed by atoms with Crippen LogP contribution in [0.1, 0.15) is 21.6 Å². The van der Waals surface area contributed by atoms with Crippen molar-refractivity contribution in [1.29, 1.82) is 0 Å². The highest BCUT2D eigenvalue weighted by Crippen LogP contribution is 2.36. The van der Waals surface area contributed by atoms with Crippen molar-refractivity contribution >= 4 is 23.4 Å². The number of aryl methyl sites for hydroxylation is 1. The van der Waals surface area contributed by atoms with E-state index in [0.717, 1.165) is 11.4 Å². The molecular weight excluding hydrogens is 318 g/mol. The normalized spacial score (nSPS) is 15.0. The summed E-state index contributed by atoms with van der Waals surface area (Å²) in [7, 11) is 1.60. The Hall–Kier alpha value is -3.22. The van der Waals surface area contributed by atoms with E-state index in [1.54, 1.807) is 32.4 Å². The average Bonchev–Trinajstić information content (AvgIpc) is 3.12. The molecule has 0 saturated carbocycles. The lowest BCUT2D eigenvalue weighted by Gasteiger charge is -2.28. The summed E-state index contributed by atoms with van der Waals surface area (Å²) in [5, 5.41) is 2.90. The number of ether oxygens (including phenoxy) is 1. The first-order chi connectivity index (χ1) is 12.2. The molecule has 2 aliphatic heterocycles. The SMILES string of the molecule is COc1cccc2c1N=C(NC(=O)c1cccnc1C)N1CCN=C21.